The van der Waals surface area contributed by atoms with E-state index in [2.05, 4.69) is 24.5 Å². The van der Waals surface area contributed by atoms with Gasteiger partial charge in [0.05, 0.1) is 25.3 Å². The van der Waals surface area contributed by atoms with Crippen molar-refractivity contribution in [2.45, 2.75) is 39.3 Å². The van der Waals surface area contributed by atoms with Crippen LogP contribution in [0.25, 0.3) is 0 Å². The third-order valence-electron chi connectivity index (χ3n) is 4.73. The maximum absolute atomic E-state index is 12.6. The zero-order valence-electron chi connectivity index (χ0n) is 16.2. The van der Waals surface area contributed by atoms with Crippen molar-refractivity contribution in [3.63, 3.8) is 0 Å². The van der Waals surface area contributed by atoms with E-state index in [1.165, 1.54) is 0 Å². The van der Waals surface area contributed by atoms with E-state index >= 15 is 0 Å². The molecule has 2 amide bonds. The third kappa shape index (κ3) is 4.94. The largest absolute Gasteiger partial charge is 0.490 e. The molecule has 0 aliphatic carbocycles. The van der Waals surface area contributed by atoms with E-state index in [0.29, 0.717) is 13.2 Å². The van der Waals surface area contributed by atoms with Crippen molar-refractivity contribution in [2.24, 2.45) is 5.92 Å². The average Bonchev–Trinajstić information content (AvgIpc) is 2.91. The summed E-state index contributed by atoms with van der Waals surface area (Å²) >= 11 is 0. The lowest BCUT2D eigenvalue weighted by molar-refractivity contribution is 0.230. The number of hydrogen-bond donors (Lipinski definition) is 2. The number of ether oxygens (including phenoxy) is 2. The predicted octanol–water partition coefficient (Wildman–Crippen LogP) is 4.61. The Balaban J connectivity index is 1.70. The Morgan fingerprint density at radius 2 is 1.59 bits per heavy atom. The normalized spacial score (nSPS) is 15.6. The van der Waals surface area contributed by atoms with Gasteiger partial charge in [0.25, 0.3) is 0 Å². The van der Waals surface area contributed by atoms with Crippen LogP contribution >= 0.6 is 0 Å². The molecule has 1 heterocycles. The van der Waals surface area contributed by atoms with Gasteiger partial charge in [-0.05, 0) is 36.1 Å². The van der Waals surface area contributed by atoms with Gasteiger partial charge in [-0.15, -0.1) is 0 Å². The molecule has 144 valence electrons. The summed E-state index contributed by atoms with van der Waals surface area (Å²) in [4.78, 5) is 12.6. The molecule has 2 aromatic rings. The first-order chi connectivity index (χ1) is 13.0. The molecule has 5 heteroatoms. The van der Waals surface area contributed by atoms with Gasteiger partial charge in [-0.1, -0.05) is 50.2 Å². The zero-order chi connectivity index (χ0) is 19.2. The topological polar surface area (TPSA) is 59.6 Å². The van der Waals surface area contributed by atoms with Crippen molar-refractivity contribution < 1.29 is 14.3 Å². The standard InChI is InChI=1S/C22H28N2O3/c1-15(2)21(18-10-11-19-20(14-18)27-13-7-12-26-19)24-22(25)23-16(3)17-8-5-4-6-9-17/h4-6,8-11,14-16,21H,7,12-13H2,1-3H3,(H2,23,24,25)/t16-,21-/m0/s1. The molecule has 1 aliphatic rings. The van der Waals surface area contributed by atoms with Crippen LogP contribution in [0.4, 0.5) is 4.79 Å². The highest BCUT2D eigenvalue weighted by Crippen LogP contribution is 2.34. The number of urea groups is 1. The van der Waals surface area contributed by atoms with Gasteiger partial charge in [0.15, 0.2) is 11.5 Å². The number of hydrogen-bond acceptors (Lipinski definition) is 3. The highest BCUT2D eigenvalue weighted by molar-refractivity contribution is 5.75. The Morgan fingerprint density at radius 1 is 0.889 bits per heavy atom. The molecule has 2 atom stereocenters. The average molecular weight is 368 g/mol. The molecule has 0 aromatic heterocycles. The summed E-state index contributed by atoms with van der Waals surface area (Å²) in [6.45, 7) is 7.47. The van der Waals surface area contributed by atoms with Gasteiger partial charge in [-0.3, -0.25) is 0 Å². The number of carbonyl (C=O) groups excluding carboxylic acids is 1. The fourth-order valence-electron chi connectivity index (χ4n) is 3.21. The Bertz CT molecular complexity index is 761. The Hall–Kier alpha value is -2.69. The molecule has 2 aromatic carbocycles. The molecule has 0 saturated heterocycles. The number of amides is 2. The number of nitrogens with one attached hydrogen (secondary N) is 2. The summed E-state index contributed by atoms with van der Waals surface area (Å²) in [5, 5.41) is 6.13. The van der Waals surface area contributed by atoms with E-state index in [0.717, 1.165) is 29.0 Å². The van der Waals surface area contributed by atoms with Crippen molar-refractivity contribution in [3.8, 4) is 11.5 Å². The molecule has 0 spiro atoms. The molecule has 2 N–H and O–H groups in total. The van der Waals surface area contributed by atoms with E-state index < -0.39 is 0 Å². The summed E-state index contributed by atoms with van der Waals surface area (Å²) in [7, 11) is 0. The maximum atomic E-state index is 12.6. The molecule has 5 nitrogen and oxygen atoms in total. The van der Waals surface area contributed by atoms with Crippen LogP contribution in [0, 0.1) is 5.92 Å². The van der Waals surface area contributed by atoms with Crippen LogP contribution in [0.5, 0.6) is 11.5 Å². The van der Waals surface area contributed by atoms with Crippen molar-refractivity contribution in [1.29, 1.82) is 0 Å². The monoisotopic (exact) mass is 368 g/mol. The smallest absolute Gasteiger partial charge is 0.315 e. The molecule has 1 aliphatic heterocycles. The van der Waals surface area contributed by atoms with E-state index in [9.17, 15) is 4.79 Å². The first-order valence-electron chi connectivity index (χ1n) is 9.56. The summed E-state index contributed by atoms with van der Waals surface area (Å²) in [6, 6.07) is 15.5. The summed E-state index contributed by atoms with van der Waals surface area (Å²) < 4.78 is 11.5. The number of rotatable bonds is 5. The van der Waals surface area contributed by atoms with Crippen LogP contribution in [0.3, 0.4) is 0 Å². The lowest BCUT2D eigenvalue weighted by Gasteiger charge is -2.25. The molecule has 0 saturated carbocycles. The van der Waals surface area contributed by atoms with Crippen LogP contribution in [0.2, 0.25) is 0 Å². The molecular formula is C22H28N2O3. The minimum atomic E-state index is -0.183. The van der Waals surface area contributed by atoms with Crippen LogP contribution in [0.15, 0.2) is 48.5 Å². The summed E-state index contributed by atoms with van der Waals surface area (Å²) in [6.07, 6.45) is 0.871. The Labute approximate surface area is 161 Å². The van der Waals surface area contributed by atoms with Crippen LogP contribution in [0.1, 0.15) is 50.4 Å². The first kappa shape index (κ1) is 19.1. The SMILES string of the molecule is CC(C)[C@H](NC(=O)N[C@@H](C)c1ccccc1)c1ccc2c(c1)OCCCO2. The molecule has 0 radical (unpaired) electrons. The van der Waals surface area contributed by atoms with Crippen molar-refractivity contribution in [1.82, 2.24) is 10.6 Å². The second-order valence-corrected chi connectivity index (χ2v) is 7.23. The lowest BCUT2D eigenvalue weighted by atomic mass is 9.95. The lowest BCUT2D eigenvalue weighted by Crippen LogP contribution is -2.40. The summed E-state index contributed by atoms with van der Waals surface area (Å²) in [5.41, 5.74) is 2.08. The van der Waals surface area contributed by atoms with Gasteiger partial charge in [-0.2, -0.15) is 0 Å². The Kier molecular flexibility index (Phi) is 6.22. The molecule has 27 heavy (non-hydrogen) atoms. The first-order valence-corrected chi connectivity index (χ1v) is 9.56. The minimum absolute atomic E-state index is 0.0669. The molecule has 0 bridgehead atoms. The van der Waals surface area contributed by atoms with Gasteiger partial charge >= 0.3 is 6.03 Å². The van der Waals surface area contributed by atoms with E-state index in [1.54, 1.807) is 0 Å². The van der Waals surface area contributed by atoms with Crippen molar-refractivity contribution >= 4 is 6.03 Å². The minimum Gasteiger partial charge on any atom is -0.490 e. The Morgan fingerprint density at radius 3 is 2.30 bits per heavy atom. The van der Waals surface area contributed by atoms with Gasteiger partial charge in [0.1, 0.15) is 0 Å². The molecule has 0 fully saturated rings. The summed E-state index contributed by atoms with van der Waals surface area (Å²) in [5.74, 6) is 1.74. The second kappa shape index (κ2) is 8.80. The number of benzene rings is 2. The van der Waals surface area contributed by atoms with Gasteiger partial charge < -0.3 is 20.1 Å². The van der Waals surface area contributed by atoms with E-state index in [-0.39, 0.29) is 24.0 Å². The third-order valence-corrected chi connectivity index (χ3v) is 4.73. The molecule has 3 rings (SSSR count). The maximum Gasteiger partial charge on any atom is 0.315 e. The highest BCUT2D eigenvalue weighted by atomic mass is 16.5. The van der Waals surface area contributed by atoms with Crippen molar-refractivity contribution in [2.75, 3.05) is 13.2 Å². The van der Waals surface area contributed by atoms with E-state index in [4.69, 9.17) is 9.47 Å². The fourth-order valence-corrected chi connectivity index (χ4v) is 3.21. The number of carbonyl (C=O) groups is 1. The number of fused-ring (bicyclic) bond motifs is 1. The van der Waals surface area contributed by atoms with Crippen molar-refractivity contribution in [3.05, 3.63) is 59.7 Å². The van der Waals surface area contributed by atoms with Crippen LogP contribution in [-0.2, 0) is 0 Å². The van der Waals surface area contributed by atoms with Crippen LogP contribution in [-0.4, -0.2) is 19.2 Å². The zero-order valence-corrected chi connectivity index (χ0v) is 16.2. The fraction of sp³-hybridized carbons (Fsp3) is 0.409. The molecule has 0 unspecified atom stereocenters. The van der Waals surface area contributed by atoms with Gasteiger partial charge in [0, 0.05) is 6.42 Å². The van der Waals surface area contributed by atoms with E-state index in [1.807, 2.05) is 55.5 Å². The molecular weight excluding hydrogens is 340 g/mol. The van der Waals surface area contributed by atoms with Gasteiger partial charge in [0.2, 0.25) is 0 Å². The van der Waals surface area contributed by atoms with Gasteiger partial charge in [-0.25, -0.2) is 4.79 Å². The highest BCUT2D eigenvalue weighted by Gasteiger charge is 2.22. The van der Waals surface area contributed by atoms with Crippen LogP contribution < -0.4 is 20.1 Å². The predicted molar refractivity (Wildman–Crippen MR) is 106 cm³/mol. The second-order valence-electron chi connectivity index (χ2n) is 7.23. The quantitative estimate of drug-likeness (QED) is 0.810.